The molecule has 1 unspecified atom stereocenters. The maximum absolute atomic E-state index is 5.68. The average Bonchev–Trinajstić information content (AvgIpc) is 1.94. The summed E-state index contributed by atoms with van der Waals surface area (Å²) in [6.45, 7) is 1.90. The lowest BCUT2D eigenvalue weighted by atomic mass is 10.1. The van der Waals surface area contributed by atoms with Crippen molar-refractivity contribution in [2.24, 2.45) is 5.73 Å². The predicted octanol–water partition coefficient (Wildman–Crippen LogP) is 1.58. The molecule has 60 valence electrons. The fraction of sp³-hybridized carbons (Fsp3) is 0.250. The monoisotopic (exact) mass is 168 g/mol. The number of anilines is 1. The maximum atomic E-state index is 5.68. The second-order valence-electron chi connectivity index (χ2n) is 2.60. The quantitative estimate of drug-likeness (QED) is 0.440. The average molecular weight is 168 g/mol. The number of hydrogen-bond donors (Lipinski definition) is 3. The number of rotatable bonds is 1. The van der Waals surface area contributed by atoms with Gasteiger partial charge < -0.3 is 11.5 Å². The van der Waals surface area contributed by atoms with Crippen LogP contribution in [0.15, 0.2) is 23.1 Å². The van der Waals surface area contributed by atoms with Crippen molar-refractivity contribution < 1.29 is 0 Å². The van der Waals surface area contributed by atoms with Crippen molar-refractivity contribution in [1.82, 2.24) is 0 Å². The smallest absolute Gasteiger partial charge is 0.0363 e. The molecule has 4 N–H and O–H groups in total. The van der Waals surface area contributed by atoms with Crippen LogP contribution in [0.1, 0.15) is 18.5 Å². The van der Waals surface area contributed by atoms with Gasteiger partial charge in [0.15, 0.2) is 0 Å². The van der Waals surface area contributed by atoms with Gasteiger partial charge in [0.1, 0.15) is 0 Å². The molecule has 0 saturated carbocycles. The Kier molecular flexibility index (Phi) is 2.42. The van der Waals surface area contributed by atoms with Crippen molar-refractivity contribution in [3.8, 4) is 0 Å². The Hall–Kier alpha value is -0.670. The largest absolute Gasteiger partial charge is 0.398 e. The summed E-state index contributed by atoms with van der Waals surface area (Å²) in [6.07, 6.45) is 0. The molecule has 0 aromatic heterocycles. The number of nitrogens with two attached hydrogens (primary N) is 2. The van der Waals surface area contributed by atoms with E-state index in [1.54, 1.807) is 0 Å². The van der Waals surface area contributed by atoms with E-state index < -0.39 is 0 Å². The Balaban J connectivity index is 3.13. The summed E-state index contributed by atoms with van der Waals surface area (Å²) in [6, 6.07) is 5.54. The molecular weight excluding hydrogens is 156 g/mol. The van der Waals surface area contributed by atoms with E-state index >= 15 is 0 Å². The van der Waals surface area contributed by atoms with E-state index in [9.17, 15) is 0 Å². The first kappa shape index (κ1) is 8.43. The molecule has 0 amide bonds. The van der Waals surface area contributed by atoms with Crippen LogP contribution in [-0.2, 0) is 0 Å². The zero-order chi connectivity index (χ0) is 8.43. The van der Waals surface area contributed by atoms with Crippen LogP contribution in [0.4, 0.5) is 5.69 Å². The molecule has 1 aromatic carbocycles. The first-order valence-electron chi connectivity index (χ1n) is 3.45. The first-order valence-corrected chi connectivity index (χ1v) is 3.90. The lowest BCUT2D eigenvalue weighted by Gasteiger charge is -2.09. The molecule has 0 aliphatic carbocycles. The fourth-order valence-corrected chi connectivity index (χ4v) is 1.17. The van der Waals surface area contributed by atoms with Gasteiger partial charge in [0.05, 0.1) is 0 Å². The van der Waals surface area contributed by atoms with Gasteiger partial charge in [0.25, 0.3) is 0 Å². The third-order valence-corrected chi connectivity index (χ3v) is 1.84. The Morgan fingerprint density at radius 1 is 1.45 bits per heavy atom. The Morgan fingerprint density at radius 2 is 2.09 bits per heavy atom. The van der Waals surface area contributed by atoms with Crippen LogP contribution >= 0.6 is 12.6 Å². The van der Waals surface area contributed by atoms with Gasteiger partial charge in [-0.25, -0.2) is 0 Å². The Morgan fingerprint density at radius 3 is 2.55 bits per heavy atom. The molecule has 1 rings (SSSR count). The lowest BCUT2D eigenvalue weighted by Crippen LogP contribution is -2.07. The highest BCUT2D eigenvalue weighted by molar-refractivity contribution is 7.80. The Bertz CT molecular complexity index is 258. The molecule has 0 spiro atoms. The molecular formula is C8H12N2S. The van der Waals surface area contributed by atoms with E-state index in [-0.39, 0.29) is 6.04 Å². The van der Waals surface area contributed by atoms with E-state index in [1.807, 2.05) is 25.1 Å². The summed E-state index contributed by atoms with van der Waals surface area (Å²) in [5, 5.41) is 0. The van der Waals surface area contributed by atoms with Crippen LogP contribution in [0.3, 0.4) is 0 Å². The highest BCUT2D eigenvalue weighted by Crippen LogP contribution is 2.21. The van der Waals surface area contributed by atoms with Crippen molar-refractivity contribution in [3.63, 3.8) is 0 Å². The third kappa shape index (κ3) is 1.88. The molecule has 0 aliphatic heterocycles. The molecule has 1 atom stereocenters. The number of thiol groups is 1. The summed E-state index contributed by atoms with van der Waals surface area (Å²) in [5.41, 5.74) is 13.0. The number of hydrogen-bond acceptors (Lipinski definition) is 3. The minimum atomic E-state index is -0.0258. The normalized spacial score (nSPS) is 13.0. The van der Waals surface area contributed by atoms with Gasteiger partial charge in [-0.3, -0.25) is 0 Å². The zero-order valence-corrected chi connectivity index (χ0v) is 7.31. The lowest BCUT2D eigenvalue weighted by molar-refractivity contribution is 0.818. The number of nitrogen functional groups attached to an aromatic ring is 1. The molecule has 0 saturated heterocycles. The van der Waals surface area contributed by atoms with Crippen LogP contribution in [-0.4, -0.2) is 0 Å². The minimum Gasteiger partial charge on any atom is -0.398 e. The molecule has 3 heteroatoms. The fourth-order valence-electron chi connectivity index (χ4n) is 0.956. The van der Waals surface area contributed by atoms with Crippen LogP contribution in [0.2, 0.25) is 0 Å². The molecule has 0 bridgehead atoms. The van der Waals surface area contributed by atoms with Gasteiger partial charge in [0.2, 0.25) is 0 Å². The van der Waals surface area contributed by atoms with E-state index in [1.165, 1.54) is 0 Å². The van der Waals surface area contributed by atoms with Crippen molar-refractivity contribution in [1.29, 1.82) is 0 Å². The molecule has 11 heavy (non-hydrogen) atoms. The molecule has 2 nitrogen and oxygen atoms in total. The van der Waals surface area contributed by atoms with E-state index in [4.69, 9.17) is 11.5 Å². The molecule has 0 aliphatic rings. The van der Waals surface area contributed by atoms with E-state index in [0.717, 1.165) is 16.1 Å². The van der Waals surface area contributed by atoms with Crippen LogP contribution in [0.5, 0.6) is 0 Å². The van der Waals surface area contributed by atoms with Gasteiger partial charge in [0, 0.05) is 16.6 Å². The molecule has 0 fully saturated rings. The van der Waals surface area contributed by atoms with Gasteiger partial charge in [-0.2, -0.15) is 0 Å². The molecule has 1 aromatic rings. The standard InChI is InChI=1S/C8H12N2S/c1-5(9)7-4-6(11)2-3-8(7)10/h2-5,11H,9-10H2,1H3. The minimum absolute atomic E-state index is 0.0258. The van der Waals surface area contributed by atoms with E-state index in [0.29, 0.717) is 0 Å². The van der Waals surface area contributed by atoms with Gasteiger partial charge >= 0.3 is 0 Å². The van der Waals surface area contributed by atoms with Crippen molar-refractivity contribution in [2.75, 3.05) is 5.73 Å². The SMILES string of the molecule is CC(N)c1cc(S)ccc1N. The molecule has 0 radical (unpaired) electrons. The van der Waals surface area contributed by atoms with Gasteiger partial charge in [-0.1, -0.05) is 0 Å². The summed E-state index contributed by atoms with van der Waals surface area (Å²) < 4.78 is 0. The van der Waals surface area contributed by atoms with Crippen LogP contribution in [0.25, 0.3) is 0 Å². The van der Waals surface area contributed by atoms with Crippen molar-refractivity contribution in [3.05, 3.63) is 23.8 Å². The maximum Gasteiger partial charge on any atom is 0.0363 e. The topological polar surface area (TPSA) is 52.0 Å². The van der Waals surface area contributed by atoms with Gasteiger partial charge in [-0.15, -0.1) is 12.6 Å². The molecule has 0 heterocycles. The second kappa shape index (κ2) is 3.15. The summed E-state index contributed by atoms with van der Waals surface area (Å²) in [4.78, 5) is 0.895. The first-order chi connectivity index (χ1) is 5.11. The van der Waals surface area contributed by atoms with E-state index in [2.05, 4.69) is 12.6 Å². The highest BCUT2D eigenvalue weighted by atomic mass is 32.1. The summed E-state index contributed by atoms with van der Waals surface area (Å²) >= 11 is 4.18. The van der Waals surface area contributed by atoms with Crippen molar-refractivity contribution >= 4 is 18.3 Å². The zero-order valence-electron chi connectivity index (χ0n) is 6.41. The van der Waals surface area contributed by atoms with Crippen molar-refractivity contribution in [2.45, 2.75) is 17.9 Å². The summed E-state index contributed by atoms with van der Waals surface area (Å²) in [5.74, 6) is 0. The summed E-state index contributed by atoms with van der Waals surface area (Å²) in [7, 11) is 0. The van der Waals surface area contributed by atoms with Crippen LogP contribution in [0, 0.1) is 0 Å². The third-order valence-electron chi connectivity index (χ3n) is 1.56. The highest BCUT2D eigenvalue weighted by Gasteiger charge is 2.03. The van der Waals surface area contributed by atoms with Crippen LogP contribution < -0.4 is 11.5 Å². The Labute approximate surface area is 72.0 Å². The second-order valence-corrected chi connectivity index (χ2v) is 3.12. The van der Waals surface area contributed by atoms with Gasteiger partial charge in [-0.05, 0) is 30.7 Å². The predicted molar refractivity (Wildman–Crippen MR) is 50.7 cm³/mol. The number of benzene rings is 1.